The van der Waals surface area contributed by atoms with Crippen LogP contribution in [0.5, 0.6) is 0 Å². The van der Waals surface area contributed by atoms with Crippen LogP contribution in [-0.2, 0) is 0 Å². The van der Waals surface area contributed by atoms with E-state index in [4.69, 9.17) is 5.11 Å². The van der Waals surface area contributed by atoms with Crippen molar-refractivity contribution in [1.82, 2.24) is 5.32 Å². The molecule has 0 atom stereocenters. The molecule has 90 valence electrons. The molecule has 0 aliphatic rings. The third kappa shape index (κ3) is 4.15. The van der Waals surface area contributed by atoms with Gasteiger partial charge in [0.25, 0.3) is 5.91 Å². The molecule has 0 aromatic carbocycles. The number of carbonyl (C=O) groups excluding carboxylic acids is 1. The van der Waals surface area contributed by atoms with E-state index in [1.807, 2.05) is 19.2 Å². The minimum absolute atomic E-state index is 0.0729. The Kier molecular flexibility index (Phi) is 4.83. The first-order valence-corrected chi connectivity index (χ1v) is 6.44. The largest absolute Gasteiger partial charge is 0.396 e. The number of hydrogen-bond acceptors (Lipinski definition) is 4. The molecule has 3 nitrogen and oxygen atoms in total. The number of thiophene rings is 1. The highest BCUT2D eigenvalue weighted by Gasteiger charge is 2.18. The summed E-state index contributed by atoms with van der Waals surface area (Å²) in [5, 5.41) is 13.6. The lowest BCUT2D eigenvalue weighted by Gasteiger charge is -2.23. The molecular weight excluding hydrogens is 242 g/mol. The van der Waals surface area contributed by atoms with Crippen molar-refractivity contribution >= 4 is 29.9 Å². The number of amides is 1. The number of nitrogens with one attached hydrogen (secondary N) is 1. The molecular formula is C11H17NO2S2. The summed E-state index contributed by atoms with van der Waals surface area (Å²) < 4.78 is 0. The van der Waals surface area contributed by atoms with Crippen molar-refractivity contribution in [3.05, 3.63) is 16.3 Å². The van der Waals surface area contributed by atoms with Crippen molar-refractivity contribution in [3.8, 4) is 0 Å². The number of hydrogen-bond donors (Lipinski definition) is 3. The minimum atomic E-state index is -0.0779. The number of carbonyl (C=O) groups is 1. The second kappa shape index (κ2) is 5.70. The molecule has 0 spiro atoms. The summed E-state index contributed by atoms with van der Waals surface area (Å²) in [7, 11) is 0. The van der Waals surface area contributed by atoms with Crippen molar-refractivity contribution in [1.29, 1.82) is 0 Å². The number of thiol groups is 1. The van der Waals surface area contributed by atoms with E-state index >= 15 is 0 Å². The SMILES string of the molecule is CC(C)(CCO)CNC(=O)c1cc(S)cs1. The molecule has 1 heterocycles. The van der Waals surface area contributed by atoms with Gasteiger partial charge in [0, 0.05) is 23.4 Å². The van der Waals surface area contributed by atoms with Crippen LogP contribution in [0.25, 0.3) is 0 Å². The van der Waals surface area contributed by atoms with E-state index in [0.29, 0.717) is 17.8 Å². The first-order valence-electron chi connectivity index (χ1n) is 5.11. The molecule has 1 amide bonds. The normalized spacial score (nSPS) is 11.5. The molecule has 0 bridgehead atoms. The Balaban J connectivity index is 2.47. The number of rotatable bonds is 5. The van der Waals surface area contributed by atoms with Gasteiger partial charge in [0.2, 0.25) is 0 Å². The highest BCUT2D eigenvalue weighted by atomic mass is 32.1. The van der Waals surface area contributed by atoms with Gasteiger partial charge in [-0.1, -0.05) is 13.8 Å². The van der Waals surface area contributed by atoms with E-state index in [1.165, 1.54) is 11.3 Å². The van der Waals surface area contributed by atoms with E-state index in [1.54, 1.807) is 6.07 Å². The van der Waals surface area contributed by atoms with Gasteiger partial charge in [0.15, 0.2) is 0 Å². The Morgan fingerprint density at radius 2 is 2.31 bits per heavy atom. The second-order valence-electron chi connectivity index (χ2n) is 4.49. The standard InChI is InChI=1S/C11H17NO2S2/c1-11(2,3-4-13)7-12-10(14)9-5-8(15)6-16-9/h5-6,13,15H,3-4,7H2,1-2H3,(H,12,14). The van der Waals surface area contributed by atoms with Crippen LogP contribution in [-0.4, -0.2) is 24.2 Å². The van der Waals surface area contributed by atoms with Crippen molar-refractivity contribution in [3.63, 3.8) is 0 Å². The molecule has 0 fully saturated rings. The Hall–Kier alpha value is -0.520. The van der Waals surface area contributed by atoms with Gasteiger partial charge in [0.1, 0.15) is 0 Å². The lowest BCUT2D eigenvalue weighted by atomic mass is 9.90. The van der Waals surface area contributed by atoms with Crippen molar-refractivity contribution < 1.29 is 9.90 Å². The Labute approximate surface area is 105 Å². The summed E-state index contributed by atoms with van der Waals surface area (Å²) in [6, 6.07) is 1.75. The van der Waals surface area contributed by atoms with Gasteiger partial charge in [0.05, 0.1) is 4.88 Å². The minimum Gasteiger partial charge on any atom is -0.396 e. The number of aliphatic hydroxyl groups excluding tert-OH is 1. The summed E-state index contributed by atoms with van der Waals surface area (Å²) >= 11 is 5.54. The van der Waals surface area contributed by atoms with E-state index in [2.05, 4.69) is 17.9 Å². The zero-order valence-electron chi connectivity index (χ0n) is 9.49. The van der Waals surface area contributed by atoms with Gasteiger partial charge >= 0.3 is 0 Å². The summed E-state index contributed by atoms with van der Waals surface area (Å²) in [6.45, 7) is 4.73. The summed E-state index contributed by atoms with van der Waals surface area (Å²) in [4.78, 5) is 13.2. The molecule has 5 heteroatoms. The molecule has 16 heavy (non-hydrogen) atoms. The Morgan fingerprint density at radius 3 is 2.81 bits per heavy atom. The van der Waals surface area contributed by atoms with Gasteiger partial charge in [-0.3, -0.25) is 4.79 Å². The van der Waals surface area contributed by atoms with Crippen LogP contribution in [0.2, 0.25) is 0 Å². The fourth-order valence-electron chi connectivity index (χ4n) is 1.24. The van der Waals surface area contributed by atoms with Crippen LogP contribution >= 0.6 is 24.0 Å². The fraction of sp³-hybridized carbons (Fsp3) is 0.545. The molecule has 1 aromatic rings. The molecule has 0 radical (unpaired) electrons. The second-order valence-corrected chi connectivity index (χ2v) is 5.92. The Bertz CT molecular complexity index is 361. The maximum Gasteiger partial charge on any atom is 0.261 e. The van der Waals surface area contributed by atoms with Crippen molar-refractivity contribution in [2.24, 2.45) is 5.41 Å². The van der Waals surface area contributed by atoms with Crippen molar-refractivity contribution in [2.45, 2.75) is 25.2 Å². The average molecular weight is 259 g/mol. The third-order valence-electron chi connectivity index (χ3n) is 2.33. The van der Waals surface area contributed by atoms with Gasteiger partial charge in [-0.15, -0.1) is 24.0 Å². The molecule has 2 N–H and O–H groups in total. The Morgan fingerprint density at radius 1 is 1.62 bits per heavy atom. The monoisotopic (exact) mass is 259 g/mol. The molecule has 1 aromatic heterocycles. The quantitative estimate of drug-likeness (QED) is 0.710. The lowest BCUT2D eigenvalue weighted by molar-refractivity contribution is 0.0932. The van der Waals surface area contributed by atoms with Gasteiger partial charge in [-0.25, -0.2) is 0 Å². The summed E-state index contributed by atoms with van der Waals surface area (Å²) in [5.74, 6) is -0.0729. The van der Waals surface area contributed by atoms with Crippen LogP contribution < -0.4 is 5.32 Å². The van der Waals surface area contributed by atoms with Crippen LogP contribution in [0.1, 0.15) is 29.9 Å². The third-order valence-corrected chi connectivity index (χ3v) is 3.69. The molecule has 0 aliphatic heterocycles. The van der Waals surface area contributed by atoms with E-state index < -0.39 is 0 Å². The lowest BCUT2D eigenvalue weighted by Crippen LogP contribution is -2.34. The first-order chi connectivity index (χ1) is 7.44. The van der Waals surface area contributed by atoms with Gasteiger partial charge in [-0.05, 0) is 17.9 Å². The molecule has 0 saturated heterocycles. The first kappa shape index (κ1) is 13.5. The van der Waals surface area contributed by atoms with E-state index in [0.717, 1.165) is 4.90 Å². The van der Waals surface area contributed by atoms with E-state index in [9.17, 15) is 4.79 Å². The average Bonchev–Trinajstić information content (AvgIpc) is 2.61. The van der Waals surface area contributed by atoms with Crippen LogP contribution in [0.4, 0.5) is 0 Å². The van der Waals surface area contributed by atoms with Gasteiger partial charge in [-0.2, -0.15) is 0 Å². The van der Waals surface area contributed by atoms with Gasteiger partial charge < -0.3 is 10.4 Å². The summed E-state index contributed by atoms with van der Waals surface area (Å²) in [5.41, 5.74) is -0.0779. The van der Waals surface area contributed by atoms with Crippen LogP contribution in [0.15, 0.2) is 16.3 Å². The highest BCUT2D eigenvalue weighted by molar-refractivity contribution is 7.80. The fourth-order valence-corrected chi connectivity index (χ4v) is 2.31. The topological polar surface area (TPSA) is 49.3 Å². The van der Waals surface area contributed by atoms with Crippen LogP contribution in [0, 0.1) is 5.41 Å². The molecule has 1 rings (SSSR count). The van der Waals surface area contributed by atoms with Crippen LogP contribution in [0.3, 0.4) is 0 Å². The maximum atomic E-state index is 11.7. The highest BCUT2D eigenvalue weighted by Crippen LogP contribution is 2.20. The zero-order chi connectivity index (χ0) is 12.2. The van der Waals surface area contributed by atoms with E-state index in [-0.39, 0.29) is 17.9 Å². The predicted molar refractivity (Wildman–Crippen MR) is 69.4 cm³/mol. The molecule has 0 unspecified atom stereocenters. The maximum absolute atomic E-state index is 11.7. The smallest absolute Gasteiger partial charge is 0.261 e. The molecule has 0 aliphatic carbocycles. The zero-order valence-corrected chi connectivity index (χ0v) is 11.2. The number of aliphatic hydroxyl groups is 1. The van der Waals surface area contributed by atoms with Crippen molar-refractivity contribution in [2.75, 3.05) is 13.2 Å². The summed E-state index contributed by atoms with van der Waals surface area (Å²) in [6.07, 6.45) is 0.676. The molecule has 0 saturated carbocycles. The predicted octanol–water partition coefficient (Wildman–Crippen LogP) is 2.18.